The number of carbonyl (C=O) groups is 1. The number of carbonyl (C=O) groups excluding carboxylic acids is 1. The van der Waals surface area contributed by atoms with Crippen LogP contribution in [0.3, 0.4) is 0 Å². The molecule has 19 heavy (non-hydrogen) atoms. The van der Waals surface area contributed by atoms with Crippen LogP contribution in [-0.4, -0.2) is 17.7 Å². The molecule has 0 spiro atoms. The predicted octanol–water partition coefficient (Wildman–Crippen LogP) is 3.15. The molecule has 1 aromatic carbocycles. The van der Waals surface area contributed by atoms with Gasteiger partial charge in [-0.2, -0.15) is 0 Å². The summed E-state index contributed by atoms with van der Waals surface area (Å²) in [6, 6.07) is 5.44. The summed E-state index contributed by atoms with van der Waals surface area (Å²) in [6.45, 7) is 1.91. The molecule has 0 fully saturated rings. The molecule has 1 aliphatic rings. The first-order chi connectivity index (χ1) is 8.61. The molecule has 0 aliphatic carbocycles. The van der Waals surface area contributed by atoms with Crippen molar-refractivity contribution in [1.82, 2.24) is 5.32 Å². The summed E-state index contributed by atoms with van der Waals surface area (Å²) in [5.41, 5.74) is 6.85. The monoisotopic (exact) mass is 320 g/mol. The van der Waals surface area contributed by atoms with E-state index < -0.39 is 6.04 Å². The van der Waals surface area contributed by atoms with Crippen LogP contribution >= 0.6 is 35.8 Å². The van der Waals surface area contributed by atoms with Crippen LogP contribution in [0.5, 0.6) is 0 Å². The Morgan fingerprint density at radius 3 is 3.05 bits per heavy atom. The van der Waals surface area contributed by atoms with Crippen molar-refractivity contribution in [3.63, 3.8) is 0 Å². The molecule has 1 aromatic rings. The number of benzene rings is 1. The molecule has 1 unspecified atom stereocenters. The SMILES string of the molecule is CC[C@H](N)C(=O)NC1CCSc2ccc(Cl)cc21.Cl. The number of rotatable bonds is 3. The van der Waals surface area contributed by atoms with Gasteiger partial charge in [0.2, 0.25) is 5.91 Å². The Morgan fingerprint density at radius 1 is 1.63 bits per heavy atom. The molecular weight excluding hydrogens is 303 g/mol. The number of hydrogen-bond acceptors (Lipinski definition) is 3. The summed E-state index contributed by atoms with van der Waals surface area (Å²) < 4.78 is 0. The van der Waals surface area contributed by atoms with Gasteiger partial charge in [0, 0.05) is 15.7 Å². The Balaban J connectivity index is 0.00000180. The van der Waals surface area contributed by atoms with Crippen LogP contribution in [0.15, 0.2) is 23.1 Å². The molecule has 3 N–H and O–H groups in total. The summed E-state index contributed by atoms with van der Waals surface area (Å²) in [7, 11) is 0. The van der Waals surface area contributed by atoms with Crippen LogP contribution in [0.2, 0.25) is 5.02 Å². The van der Waals surface area contributed by atoms with Crippen LogP contribution in [-0.2, 0) is 4.79 Å². The second kappa shape index (κ2) is 7.39. The van der Waals surface area contributed by atoms with Crippen molar-refractivity contribution in [1.29, 1.82) is 0 Å². The van der Waals surface area contributed by atoms with Gasteiger partial charge in [0.15, 0.2) is 0 Å². The van der Waals surface area contributed by atoms with Gasteiger partial charge in [-0.1, -0.05) is 18.5 Å². The smallest absolute Gasteiger partial charge is 0.237 e. The van der Waals surface area contributed by atoms with E-state index in [0.717, 1.165) is 17.7 Å². The second-order valence-electron chi connectivity index (χ2n) is 4.40. The Hall–Kier alpha value is -0.420. The fourth-order valence-electron chi connectivity index (χ4n) is 1.98. The van der Waals surface area contributed by atoms with E-state index >= 15 is 0 Å². The second-order valence-corrected chi connectivity index (χ2v) is 5.97. The van der Waals surface area contributed by atoms with Gasteiger partial charge in [-0.15, -0.1) is 24.2 Å². The molecule has 3 nitrogen and oxygen atoms in total. The third-order valence-corrected chi connectivity index (χ3v) is 4.46. The van der Waals surface area contributed by atoms with Crippen LogP contribution in [0, 0.1) is 0 Å². The van der Waals surface area contributed by atoms with Crippen LogP contribution < -0.4 is 11.1 Å². The van der Waals surface area contributed by atoms with E-state index in [-0.39, 0.29) is 24.4 Å². The molecule has 2 atom stereocenters. The van der Waals surface area contributed by atoms with Gasteiger partial charge in [-0.25, -0.2) is 0 Å². The van der Waals surface area contributed by atoms with Gasteiger partial charge in [-0.05, 0) is 36.6 Å². The highest BCUT2D eigenvalue weighted by molar-refractivity contribution is 7.99. The average Bonchev–Trinajstić information content (AvgIpc) is 2.38. The summed E-state index contributed by atoms with van der Waals surface area (Å²) in [5.74, 6) is 0.918. The van der Waals surface area contributed by atoms with Gasteiger partial charge in [0.05, 0.1) is 12.1 Å². The lowest BCUT2D eigenvalue weighted by Gasteiger charge is -2.27. The molecule has 0 saturated heterocycles. The third kappa shape index (κ3) is 4.02. The maximum absolute atomic E-state index is 11.9. The van der Waals surface area contributed by atoms with E-state index in [0.29, 0.717) is 11.4 Å². The minimum atomic E-state index is -0.429. The number of hydrogen-bond donors (Lipinski definition) is 2. The van der Waals surface area contributed by atoms with Crippen molar-refractivity contribution >= 4 is 41.7 Å². The molecule has 0 aromatic heterocycles. The van der Waals surface area contributed by atoms with E-state index in [4.69, 9.17) is 17.3 Å². The summed E-state index contributed by atoms with van der Waals surface area (Å²) in [4.78, 5) is 13.1. The van der Waals surface area contributed by atoms with Crippen LogP contribution in [0.4, 0.5) is 0 Å². The minimum absolute atomic E-state index is 0. The molecule has 0 saturated carbocycles. The Labute approximate surface area is 129 Å². The van der Waals surface area contributed by atoms with Crippen molar-refractivity contribution in [3.05, 3.63) is 28.8 Å². The molecular formula is C13H18Cl2N2OS. The zero-order chi connectivity index (χ0) is 13.1. The fraction of sp³-hybridized carbons (Fsp3) is 0.462. The molecule has 2 rings (SSSR count). The quantitative estimate of drug-likeness (QED) is 0.899. The molecule has 106 valence electrons. The number of amides is 1. The highest BCUT2D eigenvalue weighted by Gasteiger charge is 2.24. The standard InChI is InChI=1S/C13H17ClN2OS.ClH/c1-2-10(15)13(17)16-11-5-6-18-12-4-3-8(14)7-9(11)12;/h3-4,7,10-11H,2,5-6,15H2,1H3,(H,16,17);1H/t10-,11?;/m0./s1. The molecule has 0 bridgehead atoms. The Bertz CT molecular complexity index is 456. The number of fused-ring (bicyclic) bond motifs is 1. The van der Waals surface area contributed by atoms with Gasteiger partial charge < -0.3 is 11.1 Å². The molecule has 1 aliphatic heterocycles. The predicted molar refractivity (Wildman–Crippen MR) is 83.2 cm³/mol. The van der Waals surface area contributed by atoms with Gasteiger partial charge >= 0.3 is 0 Å². The fourth-order valence-corrected chi connectivity index (χ4v) is 3.27. The van der Waals surface area contributed by atoms with E-state index in [9.17, 15) is 4.79 Å². The lowest BCUT2D eigenvalue weighted by Crippen LogP contribution is -2.42. The zero-order valence-electron chi connectivity index (χ0n) is 10.7. The maximum atomic E-state index is 11.9. The van der Waals surface area contributed by atoms with Gasteiger partial charge in [-0.3, -0.25) is 4.79 Å². The van der Waals surface area contributed by atoms with Crippen molar-refractivity contribution in [3.8, 4) is 0 Å². The lowest BCUT2D eigenvalue weighted by molar-refractivity contribution is -0.123. The normalized spacial score (nSPS) is 19.0. The number of nitrogens with two attached hydrogens (primary N) is 1. The van der Waals surface area contributed by atoms with E-state index in [2.05, 4.69) is 5.32 Å². The summed E-state index contributed by atoms with van der Waals surface area (Å²) in [5, 5.41) is 3.72. The number of thioether (sulfide) groups is 1. The topological polar surface area (TPSA) is 55.1 Å². The highest BCUT2D eigenvalue weighted by Crippen LogP contribution is 2.37. The Morgan fingerprint density at radius 2 is 2.37 bits per heavy atom. The first kappa shape index (κ1) is 16.6. The first-order valence-electron chi connectivity index (χ1n) is 6.10. The van der Waals surface area contributed by atoms with Gasteiger partial charge in [0.25, 0.3) is 0 Å². The van der Waals surface area contributed by atoms with Gasteiger partial charge in [0.1, 0.15) is 0 Å². The van der Waals surface area contributed by atoms with Crippen LogP contribution in [0.25, 0.3) is 0 Å². The van der Waals surface area contributed by atoms with Crippen molar-refractivity contribution in [2.24, 2.45) is 5.73 Å². The summed E-state index contributed by atoms with van der Waals surface area (Å²) in [6.07, 6.45) is 1.57. The minimum Gasteiger partial charge on any atom is -0.348 e. The van der Waals surface area contributed by atoms with Crippen molar-refractivity contribution in [2.75, 3.05) is 5.75 Å². The van der Waals surface area contributed by atoms with Crippen LogP contribution in [0.1, 0.15) is 31.4 Å². The zero-order valence-corrected chi connectivity index (χ0v) is 13.1. The van der Waals surface area contributed by atoms with E-state index in [1.54, 1.807) is 11.8 Å². The molecule has 0 radical (unpaired) electrons. The lowest BCUT2D eigenvalue weighted by atomic mass is 10.0. The number of nitrogens with one attached hydrogen (secondary N) is 1. The maximum Gasteiger partial charge on any atom is 0.237 e. The first-order valence-corrected chi connectivity index (χ1v) is 7.46. The summed E-state index contributed by atoms with van der Waals surface area (Å²) >= 11 is 7.82. The molecule has 1 heterocycles. The van der Waals surface area contributed by atoms with Crippen molar-refractivity contribution in [2.45, 2.75) is 36.7 Å². The Kier molecular flexibility index (Phi) is 6.47. The molecule has 1 amide bonds. The number of halogens is 2. The van der Waals surface area contributed by atoms with Crippen molar-refractivity contribution < 1.29 is 4.79 Å². The molecule has 6 heteroatoms. The highest BCUT2D eigenvalue weighted by atomic mass is 35.5. The third-order valence-electron chi connectivity index (χ3n) is 3.10. The van der Waals surface area contributed by atoms with E-state index in [1.165, 1.54) is 4.90 Å². The largest absolute Gasteiger partial charge is 0.348 e. The average molecular weight is 321 g/mol. The van der Waals surface area contributed by atoms with E-state index in [1.807, 2.05) is 25.1 Å².